The third kappa shape index (κ3) is 3.87. The average Bonchev–Trinajstić information content (AvgIpc) is 2.28. The van der Waals surface area contributed by atoms with Crippen LogP contribution in [0.2, 0.25) is 0 Å². The first kappa shape index (κ1) is 14.2. The van der Waals surface area contributed by atoms with Gasteiger partial charge in [0.1, 0.15) is 18.2 Å². The lowest BCUT2D eigenvalue weighted by molar-refractivity contribution is -0.141. The molecule has 0 atom stereocenters. The van der Waals surface area contributed by atoms with Gasteiger partial charge in [0.15, 0.2) is 0 Å². The number of ether oxygens (including phenoxy) is 1. The van der Waals surface area contributed by atoms with Crippen molar-refractivity contribution in [2.75, 3.05) is 25.1 Å². The van der Waals surface area contributed by atoms with Gasteiger partial charge >= 0.3 is 5.97 Å². The summed E-state index contributed by atoms with van der Waals surface area (Å²) in [5, 5.41) is 0. The van der Waals surface area contributed by atoms with E-state index < -0.39 is 0 Å². The monoisotopic (exact) mass is 253 g/mol. The minimum absolute atomic E-state index is 0.0713. The average molecular weight is 253 g/mol. The number of nitrogens with zero attached hydrogens (tertiary/aromatic N) is 2. The number of rotatable bonds is 5. The summed E-state index contributed by atoms with van der Waals surface area (Å²) < 4.78 is 4.85. The quantitative estimate of drug-likeness (QED) is 0.789. The molecular weight excluding hydrogens is 234 g/mol. The molecule has 0 aliphatic carbocycles. The Labute approximate surface area is 106 Å². The molecule has 0 aromatic carbocycles. The standard InChI is InChI=1S/C12H19N3O3/c1-5-18-11(17)7-15(4)9-6-10(16)14-12(13-9)8(2)3/h6,8H,5,7H2,1-4H3,(H,13,14,16). The van der Waals surface area contributed by atoms with Gasteiger partial charge in [-0.3, -0.25) is 9.59 Å². The molecule has 6 heteroatoms. The lowest BCUT2D eigenvalue weighted by Gasteiger charge is -2.17. The van der Waals surface area contributed by atoms with Crippen molar-refractivity contribution in [1.82, 2.24) is 9.97 Å². The zero-order chi connectivity index (χ0) is 13.7. The predicted molar refractivity (Wildman–Crippen MR) is 68.8 cm³/mol. The molecule has 0 aliphatic heterocycles. The topological polar surface area (TPSA) is 75.3 Å². The van der Waals surface area contributed by atoms with Crippen LogP contribution in [0.5, 0.6) is 0 Å². The van der Waals surface area contributed by atoms with Crippen molar-refractivity contribution in [2.24, 2.45) is 0 Å². The molecule has 0 aliphatic rings. The van der Waals surface area contributed by atoms with Crippen LogP contribution in [0.15, 0.2) is 10.9 Å². The van der Waals surface area contributed by atoms with Crippen LogP contribution in [0, 0.1) is 0 Å². The van der Waals surface area contributed by atoms with E-state index in [1.165, 1.54) is 6.07 Å². The molecule has 0 unspecified atom stereocenters. The largest absolute Gasteiger partial charge is 0.465 e. The fraction of sp³-hybridized carbons (Fsp3) is 0.583. The number of H-pyrrole nitrogens is 1. The van der Waals surface area contributed by atoms with Crippen molar-refractivity contribution >= 4 is 11.8 Å². The molecule has 0 amide bonds. The van der Waals surface area contributed by atoms with Crippen LogP contribution in [0.4, 0.5) is 5.82 Å². The van der Waals surface area contributed by atoms with Gasteiger partial charge in [0.25, 0.3) is 5.56 Å². The number of hydrogen-bond donors (Lipinski definition) is 1. The highest BCUT2D eigenvalue weighted by Crippen LogP contribution is 2.11. The second kappa shape index (κ2) is 6.18. The smallest absolute Gasteiger partial charge is 0.325 e. The van der Waals surface area contributed by atoms with Crippen molar-refractivity contribution in [2.45, 2.75) is 26.7 Å². The van der Waals surface area contributed by atoms with Crippen molar-refractivity contribution < 1.29 is 9.53 Å². The number of nitrogens with one attached hydrogen (secondary N) is 1. The zero-order valence-electron chi connectivity index (χ0n) is 11.2. The summed E-state index contributed by atoms with van der Waals surface area (Å²) >= 11 is 0. The van der Waals surface area contributed by atoms with Crippen LogP contribution in [0.1, 0.15) is 32.5 Å². The summed E-state index contributed by atoms with van der Waals surface area (Å²) in [6.45, 7) is 6.04. The maximum absolute atomic E-state index is 11.5. The Morgan fingerprint density at radius 3 is 2.78 bits per heavy atom. The third-order valence-electron chi connectivity index (χ3n) is 2.36. The summed E-state index contributed by atoms with van der Waals surface area (Å²) in [6, 6.07) is 1.37. The van der Waals surface area contributed by atoms with Gasteiger partial charge in [-0.05, 0) is 6.92 Å². The molecule has 1 rings (SSSR count). The van der Waals surface area contributed by atoms with Gasteiger partial charge in [-0.25, -0.2) is 4.98 Å². The number of carbonyl (C=O) groups is 1. The first-order chi connectivity index (χ1) is 8.43. The Morgan fingerprint density at radius 2 is 2.22 bits per heavy atom. The molecule has 1 aromatic heterocycles. The maximum atomic E-state index is 11.5. The van der Waals surface area contributed by atoms with E-state index in [1.54, 1.807) is 18.9 Å². The van der Waals surface area contributed by atoms with Crippen LogP contribution in [-0.2, 0) is 9.53 Å². The van der Waals surface area contributed by atoms with Gasteiger partial charge in [-0.1, -0.05) is 13.8 Å². The molecule has 0 bridgehead atoms. The SMILES string of the molecule is CCOC(=O)CN(C)c1cc(=O)[nH]c(C(C)C)n1. The minimum atomic E-state index is -0.340. The number of aromatic nitrogens is 2. The lowest BCUT2D eigenvalue weighted by atomic mass is 10.2. The molecule has 0 fully saturated rings. The van der Waals surface area contributed by atoms with E-state index in [9.17, 15) is 9.59 Å². The summed E-state index contributed by atoms with van der Waals surface area (Å²) in [5.74, 6) is 0.852. The minimum Gasteiger partial charge on any atom is -0.465 e. The van der Waals surface area contributed by atoms with Crippen molar-refractivity contribution in [3.05, 3.63) is 22.2 Å². The lowest BCUT2D eigenvalue weighted by Crippen LogP contribution is -2.29. The molecule has 1 N–H and O–H groups in total. The van der Waals surface area contributed by atoms with Gasteiger partial charge in [0.2, 0.25) is 0 Å². The maximum Gasteiger partial charge on any atom is 0.325 e. The van der Waals surface area contributed by atoms with Crippen molar-refractivity contribution in [3.63, 3.8) is 0 Å². The second-order valence-corrected chi connectivity index (χ2v) is 4.30. The van der Waals surface area contributed by atoms with E-state index in [4.69, 9.17) is 4.74 Å². The zero-order valence-corrected chi connectivity index (χ0v) is 11.2. The normalized spacial score (nSPS) is 10.5. The fourth-order valence-corrected chi connectivity index (χ4v) is 1.41. The molecule has 0 radical (unpaired) electrons. The van der Waals surface area contributed by atoms with Gasteiger partial charge in [-0.15, -0.1) is 0 Å². The Hall–Kier alpha value is -1.85. The molecule has 6 nitrogen and oxygen atoms in total. The van der Waals surface area contributed by atoms with E-state index in [0.29, 0.717) is 18.2 Å². The highest BCUT2D eigenvalue weighted by atomic mass is 16.5. The molecule has 100 valence electrons. The molecule has 0 spiro atoms. The van der Waals surface area contributed by atoms with E-state index in [-0.39, 0.29) is 24.0 Å². The fourth-order valence-electron chi connectivity index (χ4n) is 1.41. The summed E-state index contributed by atoms with van der Waals surface area (Å²) in [7, 11) is 1.70. The van der Waals surface area contributed by atoms with Crippen LogP contribution in [-0.4, -0.2) is 36.1 Å². The summed E-state index contributed by atoms with van der Waals surface area (Å²) in [4.78, 5) is 31.4. The predicted octanol–water partition coefficient (Wildman–Crippen LogP) is 0.893. The van der Waals surface area contributed by atoms with Gasteiger partial charge in [-0.2, -0.15) is 0 Å². The molecular formula is C12H19N3O3. The van der Waals surface area contributed by atoms with Gasteiger partial charge < -0.3 is 14.6 Å². The van der Waals surface area contributed by atoms with E-state index in [0.717, 1.165) is 0 Å². The van der Waals surface area contributed by atoms with Crippen LogP contribution >= 0.6 is 0 Å². The Morgan fingerprint density at radius 1 is 1.56 bits per heavy atom. The third-order valence-corrected chi connectivity index (χ3v) is 2.36. The molecule has 1 heterocycles. The van der Waals surface area contributed by atoms with E-state index >= 15 is 0 Å². The van der Waals surface area contributed by atoms with Crippen LogP contribution < -0.4 is 10.5 Å². The first-order valence-electron chi connectivity index (χ1n) is 5.92. The number of likely N-dealkylation sites (N-methyl/N-ethyl adjacent to an activating group) is 1. The van der Waals surface area contributed by atoms with Crippen LogP contribution in [0.25, 0.3) is 0 Å². The van der Waals surface area contributed by atoms with Crippen LogP contribution in [0.3, 0.4) is 0 Å². The van der Waals surface area contributed by atoms with Gasteiger partial charge in [0, 0.05) is 19.0 Å². The van der Waals surface area contributed by atoms with E-state index in [2.05, 4.69) is 9.97 Å². The number of anilines is 1. The number of carbonyl (C=O) groups excluding carboxylic acids is 1. The second-order valence-electron chi connectivity index (χ2n) is 4.30. The Kier molecular flexibility index (Phi) is 4.88. The van der Waals surface area contributed by atoms with Gasteiger partial charge in [0.05, 0.1) is 6.61 Å². The summed E-state index contributed by atoms with van der Waals surface area (Å²) in [6.07, 6.45) is 0. The van der Waals surface area contributed by atoms with Crippen molar-refractivity contribution in [3.8, 4) is 0 Å². The highest BCUT2D eigenvalue weighted by Gasteiger charge is 2.12. The highest BCUT2D eigenvalue weighted by molar-refractivity contribution is 5.75. The Bertz CT molecular complexity index is 468. The summed E-state index contributed by atoms with van der Waals surface area (Å²) in [5.41, 5.74) is -0.223. The molecule has 0 saturated carbocycles. The number of esters is 1. The van der Waals surface area contributed by atoms with Crippen molar-refractivity contribution in [1.29, 1.82) is 0 Å². The molecule has 1 aromatic rings. The van der Waals surface area contributed by atoms with E-state index in [1.807, 2.05) is 13.8 Å². The number of hydrogen-bond acceptors (Lipinski definition) is 5. The molecule has 0 saturated heterocycles. The first-order valence-corrected chi connectivity index (χ1v) is 5.92. The Balaban J connectivity index is 2.88. The number of aromatic amines is 1. The molecule has 18 heavy (non-hydrogen) atoms.